The van der Waals surface area contributed by atoms with Crippen molar-refractivity contribution < 1.29 is 43.1 Å². The minimum Gasteiger partial charge on any atom is -0.443 e. The molecule has 5 aromatic rings. The number of aryl methyl sites for hydroxylation is 4. The number of carbonyl (C=O) groups excluding carboxylic acids is 8. The van der Waals surface area contributed by atoms with E-state index in [0.717, 1.165) is 119 Å². The van der Waals surface area contributed by atoms with E-state index in [2.05, 4.69) is 65.7 Å². The van der Waals surface area contributed by atoms with Crippen LogP contribution in [0.1, 0.15) is 214 Å². The molecule has 4 aliphatic carbocycles. The van der Waals surface area contributed by atoms with E-state index in [9.17, 15) is 38.4 Å². The highest BCUT2D eigenvalue weighted by atomic mass is 35.5. The van der Waals surface area contributed by atoms with Crippen LogP contribution in [0.4, 0.5) is 16.4 Å². The number of halogens is 1. The van der Waals surface area contributed by atoms with Gasteiger partial charge in [0.05, 0.1) is 59.5 Å². The third kappa shape index (κ3) is 15.9. The van der Waals surface area contributed by atoms with Crippen molar-refractivity contribution in [3.63, 3.8) is 0 Å². The van der Waals surface area contributed by atoms with Gasteiger partial charge in [0.15, 0.2) is 18.9 Å². The van der Waals surface area contributed by atoms with Crippen LogP contribution in [0.15, 0.2) is 30.9 Å². The molecule has 0 radical (unpaired) electrons. The summed E-state index contributed by atoms with van der Waals surface area (Å²) < 4.78 is 7.66. The lowest BCUT2D eigenvalue weighted by Crippen LogP contribution is -2.67. The van der Waals surface area contributed by atoms with Crippen LogP contribution in [0.25, 0.3) is 11.0 Å². The highest BCUT2D eigenvalue weighted by Crippen LogP contribution is 2.43. The van der Waals surface area contributed by atoms with Crippen LogP contribution in [-0.2, 0) is 24.7 Å². The summed E-state index contributed by atoms with van der Waals surface area (Å²) in [5.41, 5.74) is 1.85. The molecule has 3 saturated heterocycles. The minimum atomic E-state index is -0.678. The fraction of sp³-hybridized carbons (Fsp3) is 0.600. The van der Waals surface area contributed by atoms with Crippen molar-refractivity contribution in [2.24, 2.45) is 0 Å². The summed E-state index contributed by atoms with van der Waals surface area (Å²) in [5, 5.41) is 13.5. The first-order valence-corrected chi connectivity index (χ1v) is 32.4. The van der Waals surface area contributed by atoms with Crippen LogP contribution < -0.4 is 31.1 Å². The fourth-order valence-electron chi connectivity index (χ4n) is 14.0. The molecule has 7 fully saturated rings. The number of nitrogens with one attached hydrogen (secondary N) is 4. The van der Waals surface area contributed by atoms with Crippen molar-refractivity contribution in [3.8, 4) is 0 Å². The van der Waals surface area contributed by atoms with Gasteiger partial charge in [0.25, 0.3) is 11.8 Å². The second kappa shape index (κ2) is 29.1. The van der Waals surface area contributed by atoms with Crippen LogP contribution in [-0.4, -0.2) is 166 Å². The summed E-state index contributed by atoms with van der Waals surface area (Å²) >= 11 is 5.55. The van der Waals surface area contributed by atoms with Gasteiger partial charge in [-0.15, -0.1) is 0 Å². The third-order valence-electron chi connectivity index (χ3n) is 18.7. The number of amides is 5. The van der Waals surface area contributed by atoms with Crippen molar-refractivity contribution in [2.45, 2.75) is 205 Å². The molecule has 13 rings (SSSR count). The Morgan fingerprint density at radius 2 is 1.03 bits per heavy atom. The Labute approximate surface area is 536 Å². The number of aromatic nitrogens is 9. The highest BCUT2D eigenvalue weighted by molar-refractivity contribution is 6.31. The SMILES string of the molecule is Cc1ncc(C=O)c(Cl)n1.Cc1ncc(C=O)c(N2CC(=O)N(C(=O)OC(C)(C)C)CC23CCCCC3)n1.Cc1ncc(C=O)c(N2CC(=O)NCC23CCCCC3)n1.Cc1ncc2cc3n(c2n1)C1(CCCCC1)CNC3=O.O=C1CNC2(CCCCC2)CN1. The monoisotopic (exact) mass is 1270 g/mol. The second-order valence-electron chi connectivity index (χ2n) is 26.4. The number of carbonyl (C=O) groups is 8. The van der Waals surface area contributed by atoms with E-state index in [0.29, 0.717) is 65.2 Å². The van der Waals surface area contributed by atoms with Gasteiger partial charge in [-0.05, 0) is 106 Å². The van der Waals surface area contributed by atoms with E-state index >= 15 is 0 Å². The van der Waals surface area contributed by atoms with Crippen molar-refractivity contribution in [3.05, 3.63) is 81.7 Å². The maximum atomic E-state index is 12.9. The van der Waals surface area contributed by atoms with Crippen LogP contribution in [0.3, 0.4) is 0 Å². The molecule has 8 aliphatic rings. The van der Waals surface area contributed by atoms with E-state index < -0.39 is 17.2 Å². The molecule has 5 amide bonds. The number of nitrogens with zero attached hydrogens (tertiary/aromatic N) is 12. The second-order valence-corrected chi connectivity index (χ2v) is 26.7. The van der Waals surface area contributed by atoms with Gasteiger partial charge in [-0.3, -0.25) is 33.6 Å². The largest absolute Gasteiger partial charge is 0.443 e. The summed E-state index contributed by atoms with van der Waals surface area (Å²) in [5.74, 6) is 3.35. The topological polar surface area (TPSA) is 312 Å². The van der Waals surface area contributed by atoms with E-state index in [-0.39, 0.29) is 65.0 Å². The molecule has 4 spiro atoms. The number of rotatable bonds is 5. The number of ether oxygens (including phenoxy) is 1. The predicted molar refractivity (Wildman–Crippen MR) is 341 cm³/mol. The molecule has 5 aromatic heterocycles. The molecule has 4 saturated carbocycles. The lowest BCUT2D eigenvalue weighted by molar-refractivity contribution is -0.132. The molecule has 0 atom stereocenters. The van der Waals surface area contributed by atoms with E-state index in [4.69, 9.17) is 16.3 Å². The van der Waals surface area contributed by atoms with Crippen molar-refractivity contribution in [2.75, 3.05) is 55.6 Å². The van der Waals surface area contributed by atoms with Crippen LogP contribution in [0.2, 0.25) is 5.15 Å². The summed E-state index contributed by atoms with van der Waals surface area (Å²) in [6, 6.07) is 1.93. The van der Waals surface area contributed by atoms with Crippen molar-refractivity contribution >= 4 is 82.9 Å². The Balaban J connectivity index is 0.000000140. The molecule has 91 heavy (non-hydrogen) atoms. The van der Waals surface area contributed by atoms with Gasteiger partial charge in [0.2, 0.25) is 11.8 Å². The van der Waals surface area contributed by atoms with Gasteiger partial charge in [-0.1, -0.05) is 88.7 Å². The lowest BCUT2D eigenvalue weighted by atomic mass is 9.78. The number of piperazine rings is 3. The molecule has 0 bridgehead atoms. The van der Waals surface area contributed by atoms with Crippen LogP contribution in [0.5, 0.6) is 0 Å². The number of hydrogen-bond donors (Lipinski definition) is 4. The molecule has 26 heteroatoms. The average Bonchev–Trinajstić information content (AvgIpc) is 1.60. The Hall–Kier alpha value is -7.93. The Bertz CT molecular complexity index is 3480. The number of fused-ring (bicyclic) bond motifs is 4. The van der Waals surface area contributed by atoms with Gasteiger partial charge < -0.3 is 40.4 Å². The summed E-state index contributed by atoms with van der Waals surface area (Å²) in [6.07, 6.45) is 30.5. The van der Waals surface area contributed by atoms with Crippen molar-refractivity contribution in [1.82, 2.24) is 70.6 Å². The van der Waals surface area contributed by atoms with Gasteiger partial charge in [0, 0.05) is 55.3 Å². The molecule has 4 aliphatic heterocycles. The zero-order valence-electron chi connectivity index (χ0n) is 53.6. The minimum absolute atomic E-state index is 0.0110. The first-order valence-electron chi connectivity index (χ1n) is 32.1. The standard InChI is InChI=1S/C20H28N4O4.C15H20N4O2.C15H18N4O.C9H16N2O.C6H5ClN2O/c1-14-21-10-15(12-25)17(22-14)24-11-16(26)23(18(27)28-19(2,3)4)13-20(24)8-6-5-7-9-20;1-11-16-7-12(9-20)14(18-11)19-8-13(21)17-10-15(19)5-3-2-4-6-15;1-10-16-8-11-7-12-14(20)17-9-15(5-3-2-4-6-15)19(12)13(11)18-10;12-8-6-11-9(7-10-8)4-2-1-3-5-9;1-4-8-2-5(3-10)6(7)9-4/h10,12H,5-9,11,13H2,1-4H3;7,9H,2-6,8,10H2,1H3,(H,17,21);7-8H,2-6,9H2,1H3,(H,17,20);11H,1-7H2,(H,10,12);2-3H,1H3. The molecular weight excluding hydrogens is 1180 g/mol. The third-order valence-corrected chi connectivity index (χ3v) is 19.0. The summed E-state index contributed by atoms with van der Waals surface area (Å²) in [4.78, 5) is 132. The Morgan fingerprint density at radius 3 is 1.56 bits per heavy atom. The molecule has 0 unspecified atom stereocenters. The Morgan fingerprint density at radius 1 is 0.560 bits per heavy atom. The highest BCUT2D eigenvalue weighted by Gasteiger charge is 2.50. The van der Waals surface area contributed by atoms with E-state index in [1.54, 1.807) is 47.7 Å². The first-order chi connectivity index (χ1) is 43.5. The van der Waals surface area contributed by atoms with Crippen LogP contribution in [0, 0.1) is 27.7 Å². The van der Waals surface area contributed by atoms with Gasteiger partial charge in [-0.25, -0.2) is 49.6 Å². The number of imide groups is 1. The maximum Gasteiger partial charge on any atom is 0.417 e. The number of aldehydes is 3. The summed E-state index contributed by atoms with van der Waals surface area (Å²) in [6.45, 7) is 15.7. The smallest absolute Gasteiger partial charge is 0.417 e. The van der Waals surface area contributed by atoms with Gasteiger partial charge >= 0.3 is 6.09 Å². The molecular formula is C65H87ClN16O9. The van der Waals surface area contributed by atoms with E-state index in [1.807, 2.05) is 29.0 Å². The zero-order valence-corrected chi connectivity index (χ0v) is 54.4. The lowest BCUT2D eigenvalue weighted by Gasteiger charge is -2.52. The molecule has 9 heterocycles. The molecule has 25 nitrogen and oxygen atoms in total. The van der Waals surface area contributed by atoms with Crippen LogP contribution >= 0.6 is 11.6 Å². The van der Waals surface area contributed by atoms with Gasteiger partial charge in [-0.2, -0.15) is 0 Å². The first kappa shape index (κ1) is 67.5. The average molecular weight is 1270 g/mol. The van der Waals surface area contributed by atoms with Crippen molar-refractivity contribution in [1.29, 1.82) is 0 Å². The summed E-state index contributed by atoms with van der Waals surface area (Å²) in [7, 11) is 0. The number of hydrogen-bond acceptors (Lipinski definition) is 20. The molecule has 0 aromatic carbocycles. The zero-order chi connectivity index (χ0) is 65.1. The predicted octanol–water partition coefficient (Wildman–Crippen LogP) is 7.92. The number of anilines is 2. The van der Waals surface area contributed by atoms with E-state index in [1.165, 1.54) is 75.1 Å². The maximum absolute atomic E-state index is 12.9. The quantitative estimate of drug-likeness (QED) is 0.0959. The normalized spacial score (nSPS) is 20.3. The molecule has 488 valence electrons. The molecule has 4 N–H and O–H groups in total. The van der Waals surface area contributed by atoms with Gasteiger partial charge in [0.1, 0.15) is 57.0 Å². The fourth-order valence-corrected chi connectivity index (χ4v) is 14.2. The Kier molecular flexibility index (Phi) is 21.6.